The van der Waals surface area contributed by atoms with E-state index in [-0.39, 0.29) is 17.7 Å². The summed E-state index contributed by atoms with van der Waals surface area (Å²) in [6.45, 7) is 6.32. The fraction of sp³-hybridized carbons (Fsp3) is 0.513. The van der Waals surface area contributed by atoms with Gasteiger partial charge in [-0.05, 0) is 116 Å². The van der Waals surface area contributed by atoms with Crippen molar-refractivity contribution in [2.75, 3.05) is 53.7 Å². The molecule has 1 heterocycles. The van der Waals surface area contributed by atoms with Gasteiger partial charge >= 0.3 is 0 Å². The van der Waals surface area contributed by atoms with Crippen LogP contribution in [0.5, 0.6) is 11.5 Å². The number of hydrogen-bond donors (Lipinski definition) is 1. The molecule has 0 spiro atoms. The van der Waals surface area contributed by atoms with Crippen LogP contribution in [0.1, 0.15) is 65.8 Å². The maximum atomic E-state index is 14.4. The molecule has 9 heteroatoms. The molecule has 0 radical (unpaired) electrons. The summed E-state index contributed by atoms with van der Waals surface area (Å²) >= 11 is 12.6. The van der Waals surface area contributed by atoms with Gasteiger partial charge in [0.15, 0.2) is 5.75 Å². The molecule has 5 rings (SSSR count). The lowest BCUT2D eigenvalue weighted by molar-refractivity contribution is -0.138. The van der Waals surface area contributed by atoms with E-state index in [0.717, 1.165) is 76.0 Å². The lowest BCUT2D eigenvalue weighted by Crippen LogP contribution is -2.47. The minimum absolute atomic E-state index is 0.116. The molecule has 0 bridgehead atoms. The molecule has 3 aromatic carbocycles. The van der Waals surface area contributed by atoms with Gasteiger partial charge in [-0.1, -0.05) is 53.5 Å². The van der Waals surface area contributed by atoms with E-state index in [1.54, 1.807) is 14.2 Å². The van der Waals surface area contributed by atoms with Gasteiger partial charge in [0.25, 0.3) is 0 Å². The number of amides is 1. The van der Waals surface area contributed by atoms with Gasteiger partial charge in [-0.2, -0.15) is 0 Å². The van der Waals surface area contributed by atoms with Gasteiger partial charge in [-0.3, -0.25) is 4.79 Å². The Balaban J connectivity index is 1.23. The zero-order chi connectivity index (χ0) is 33.9. The van der Waals surface area contributed by atoms with Crippen molar-refractivity contribution < 1.29 is 23.7 Å². The van der Waals surface area contributed by atoms with Gasteiger partial charge in [0.05, 0.1) is 16.0 Å². The van der Waals surface area contributed by atoms with E-state index in [4.69, 9.17) is 42.1 Å². The molecule has 2 atom stereocenters. The number of ether oxygens (including phenoxy) is 4. The second kappa shape index (κ2) is 18.3. The third-order valence-corrected chi connectivity index (χ3v) is 9.77. The first-order chi connectivity index (χ1) is 23.4. The van der Waals surface area contributed by atoms with E-state index in [0.29, 0.717) is 48.1 Å². The number of hydrogen-bond acceptors (Lipinski definition) is 6. The molecule has 260 valence electrons. The molecule has 1 aliphatic heterocycles. The highest BCUT2D eigenvalue weighted by atomic mass is 35.5. The molecule has 3 aromatic rings. The predicted molar refractivity (Wildman–Crippen MR) is 193 cm³/mol. The second-order valence-corrected chi connectivity index (χ2v) is 13.9. The molecule has 0 unspecified atom stereocenters. The Morgan fingerprint density at radius 3 is 2.02 bits per heavy atom. The van der Waals surface area contributed by atoms with E-state index in [2.05, 4.69) is 40.5 Å². The van der Waals surface area contributed by atoms with Crippen LogP contribution in [0.2, 0.25) is 10.0 Å². The fourth-order valence-corrected chi connectivity index (χ4v) is 7.40. The van der Waals surface area contributed by atoms with Crippen molar-refractivity contribution in [1.82, 2.24) is 10.2 Å². The van der Waals surface area contributed by atoms with Crippen LogP contribution in [0.15, 0.2) is 54.6 Å². The third kappa shape index (κ3) is 10.3. The first kappa shape index (κ1) is 36.5. The predicted octanol–water partition coefficient (Wildman–Crippen LogP) is 7.80. The van der Waals surface area contributed by atoms with Gasteiger partial charge in [0.1, 0.15) is 19.0 Å². The third-order valence-electron chi connectivity index (χ3n) is 9.21. The van der Waals surface area contributed by atoms with Crippen molar-refractivity contribution >= 4 is 29.1 Å². The van der Waals surface area contributed by atoms with Crippen molar-refractivity contribution in [3.05, 3.63) is 92.5 Å². The molecule has 2 fully saturated rings. The number of piperidine rings is 1. The number of carbonyl (C=O) groups is 1. The summed E-state index contributed by atoms with van der Waals surface area (Å²) in [5, 5.41) is 4.49. The van der Waals surface area contributed by atoms with Crippen molar-refractivity contribution in [3.63, 3.8) is 0 Å². The van der Waals surface area contributed by atoms with Crippen molar-refractivity contribution in [2.24, 2.45) is 5.92 Å². The topological polar surface area (TPSA) is 69.3 Å². The lowest BCUT2D eigenvalue weighted by Gasteiger charge is -2.36. The Morgan fingerprint density at radius 2 is 1.42 bits per heavy atom. The highest BCUT2D eigenvalue weighted by molar-refractivity contribution is 6.37. The van der Waals surface area contributed by atoms with Gasteiger partial charge < -0.3 is 29.2 Å². The Kier molecular flexibility index (Phi) is 13.9. The average molecular weight is 698 g/mol. The standard InChI is InChI=1S/C39H50Cl2N2O5/c1-27-20-36(40)38(37(41)21-27)48-19-18-47-33-12-8-31(9-13-33)34-14-15-42-25-35(34)39(44)43(32-10-11-32)26-30-23-28(6-4-16-45-2)22-29(24-30)7-5-17-46-3/h8-9,12-13,20-24,32,34-35,42H,4-7,10-11,14-19,25-26H2,1-3H3/t34-,35+/m1/s1. The Hall–Kier alpha value is -2.81. The fourth-order valence-electron chi connectivity index (χ4n) is 6.70. The minimum Gasteiger partial charge on any atom is -0.490 e. The largest absolute Gasteiger partial charge is 0.490 e. The van der Waals surface area contributed by atoms with Crippen molar-refractivity contribution in [1.29, 1.82) is 0 Å². The first-order valence-electron chi connectivity index (χ1n) is 17.3. The number of nitrogens with one attached hydrogen (secondary N) is 1. The summed E-state index contributed by atoms with van der Waals surface area (Å²) in [4.78, 5) is 16.5. The molecule has 7 nitrogen and oxygen atoms in total. The summed E-state index contributed by atoms with van der Waals surface area (Å²) in [6.07, 6.45) is 6.95. The average Bonchev–Trinajstić information content (AvgIpc) is 3.92. The van der Waals surface area contributed by atoms with Crippen LogP contribution in [0.4, 0.5) is 0 Å². The molecular formula is C39H50Cl2N2O5. The monoisotopic (exact) mass is 696 g/mol. The van der Waals surface area contributed by atoms with Gasteiger partial charge in [-0.25, -0.2) is 0 Å². The number of rotatable bonds is 18. The highest BCUT2D eigenvalue weighted by Crippen LogP contribution is 2.37. The number of nitrogens with zero attached hydrogens (tertiary/aromatic N) is 1. The Bertz CT molecular complexity index is 1430. The van der Waals surface area contributed by atoms with Crippen LogP contribution in [-0.4, -0.2) is 70.6 Å². The number of benzene rings is 3. The van der Waals surface area contributed by atoms with Gasteiger partial charge in [0.2, 0.25) is 5.91 Å². The molecule has 2 aliphatic rings. The van der Waals surface area contributed by atoms with E-state index in [1.165, 1.54) is 22.3 Å². The van der Waals surface area contributed by atoms with Crippen molar-refractivity contribution in [2.45, 2.75) is 70.4 Å². The Morgan fingerprint density at radius 1 is 0.812 bits per heavy atom. The van der Waals surface area contributed by atoms with Crippen LogP contribution in [0, 0.1) is 12.8 Å². The SMILES string of the molecule is COCCCc1cc(CCCOC)cc(CN(C(=O)[C@H]2CNCC[C@@H]2c2ccc(OCCOc3c(Cl)cc(C)cc3Cl)cc2)C2CC2)c1. The molecule has 0 aromatic heterocycles. The quantitative estimate of drug-likeness (QED) is 0.137. The number of aryl methyl sites for hydroxylation is 3. The van der Waals surface area contributed by atoms with Crippen LogP contribution in [-0.2, 0) is 33.7 Å². The minimum atomic E-state index is -0.116. The van der Waals surface area contributed by atoms with Gasteiger partial charge in [-0.15, -0.1) is 0 Å². The van der Waals surface area contributed by atoms with Gasteiger partial charge in [0, 0.05) is 46.6 Å². The number of carbonyl (C=O) groups excluding carboxylic acids is 1. The molecule has 1 amide bonds. The van der Waals surface area contributed by atoms with E-state index in [9.17, 15) is 4.79 Å². The van der Waals surface area contributed by atoms with Crippen LogP contribution >= 0.6 is 23.2 Å². The highest BCUT2D eigenvalue weighted by Gasteiger charge is 2.40. The molecule has 48 heavy (non-hydrogen) atoms. The molecule has 1 saturated heterocycles. The summed E-state index contributed by atoms with van der Waals surface area (Å²) < 4.78 is 22.4. The number of methoxy groups -OCH3 is 2. The maximum absolute atomic E-state index is 14.4. The van der Waals surface area contributed by atoms with Crippen LogP contribution in [0.25, 0.3) is 0 Å². The molecular weight excluding hydrogens is 647 g/mol. The normalized spacial score (nSPS) is 17.7. The zero-order valence-electron chi connectivity index (χ0n) is 28.6. The Labute approximate surface area is 296 Å². The van der Waals surface area contributed by atoms with E-state index >= 15 is 0 Å². The van der Waals surface area contributed by atoms with E-state index in [1.807, 2.05) is 31.2 Å². The second-order valence-electron chi connectivity index (χ2n) is 13.1. The van der Waals surface area contributed by atoms with E-state index < -0.39 is 0 Å². The first-order valence-corrected chi connectivity index (χ1v) is 18.0. The van der Waals surface area contributed by atoms with Crippen molar-refractivity contribution in [3.8, 4) is 11.5 Å². The smallest absolute Gasteiger partial charge is 0.228 e. The number of halogens is 2. The summed E-state index contributed by atoms with van der Waals surface area (Å²) in [7, 11) is 3.50. The van der Waals surface area contributed by atoms with Crippen LogP contribution in [0.3, 0.4) is 0 Å². The zero-order valence-corrected chi connectivity index (χ0v) is 30.1. The lowest BCUT2D eigenvalue weighted by atomic mass is 9.80. The summed E-state index contributed by atoms with van der Waals surface area (Å²) in [5.74, 6) is 1.52. The van der Waals surface area contributed by atoms with Crippen LogP contribution < -0.4 is 14.8 Å². The molecule has 1 N–H and O–H groups in total. The molecule has 1 aliphatic carbocycles. The maximum Gasteiger partial charge on any atom is 0.228 e. The summed E-state index contributed by atoms with van der Waals surface area (Å²) in [6, 6.07) is 19.1. The molecule has 1 saturated carbocycles. The summed E-state index contributed by atoms with van der Waals surface area (Å²) in [5.41, 5.74) is 6.00.